The predicted molar refractivity (Wildman–Crippen MR) is 50.8 cm³/mol. The van der Waals surface area contributed by atoms with Crippen molar-refractivity contribution in [2.75, 3.05) is 7.11 Å². The Morgan fingerprint density at radius 3 is 3.00 bits per heavy atom. The predicted octanol–water partition coefficient (Wildman–Crippen LogP) is 1.40. The Kier molecular flexibility index (Phi) is 3.71. The van der Waals surface area contributed by atoms with Gasteiger partial charge in [0.2, 0.25) is 5.88 Å². The summed E-state index contributed by atoms with van der Waals surface area (Å²) in [6.45, 7) is 1.79. The smallest absolute Gasteiger partial charge is 0.213 e. The quantitative estimate of drug-likeness (QED) is 0.763. The van der Waals surface area contributed by atoms with Gasteiger partial charge in [-0.1, -0.05) is 0 Å². The summed E-state index contributed by atoms with van der Waals surface area (Å²) < 4.78 is 4.99. The first-order chi connectivity index (χ1) is 6.22. The van der Waals surface area contributed by atoms with Crippen LogP contribution in [-0.2, 0) is 6.42 Å². The fourth-order valence-electron chi connectivity index (χ4n) is 1.09. The maximum atomic E-state index is 9.09. The molecule has 0 radical (unpaired) electrons. The number of aliphatic hydroxyl groups is 1. The number of ether oxygens (including phenoxy) is 1. The van der Waals surface area contributed by atoms with E-state index >= 15 is 0 Å². The largest absolute Gasteiger partial charge is 0.481 e. The van der Waals surface area contributed by atoms with Crippen LogP contribution in [0, 0.1) is 0 Å². The number of aryl methyl sites for hydroxylation is 1. The number of hydrogen-bond acceptors (Lipinski definition) is 3. The molecule has 0 aliphatic carbocycles. The molecule has 0 saturated carbocycles. The Bertz CT molecular complexity index is 261. The topological polar surface area (TPSA) is 42.4 Å². The van der Waals surface area contributed by atoms with Gasteiger partial charge in [-0.05, 0) is 31.4 Å². The number of pyridine rings is 1. The van der Waals surface area contributed by atoms with Gasteiger partial charge in [0.1, 0.15) is 0 Å². The highest BCUT2D eigenvalue weighted by Gasteiger charge is 1.99. The fraction of sp³-hybridized carbons (Fsp3) is 0.500. The van der Waals surface area contributed by atoms with Crippen LogP contribution in [0.25, 0.3) is 0 Å². The van der Waals surface area contributed by atoms with Crippen molar-refractivity contribution in [2.24, 2.45) is 0 Å². The molecule has 1 heterocycles. The number of rotatable bonds is 4. The van der Waals surface area contributed by atoms with Gasteiger partial charge in [0, 0.05) is 12.3 Å². The van der Waals surface area contributed by atoms with Gasteiger partial charge in [-0.25, -0.2) is 4.98 Å². The highest BCUT2D eigenvalue weighted by Crippen LogP contribution is 2.11. The molecule has 0 spiro atoms. The molecule has 72 valence electrons. The van der Waals surface area contributed by atoms with Crippen molar-refractivity contribution in [3.8, 4) is 5.88 Å². The van der Waals surface area contributed by atoms with Crippen molar-refractivity contribution < 1.29 is 9.84 Å². The molecule has 0 amide bonds. The molecule has 1 N–H and O–H groups in total. The van der Waals surface area contributed by atoms with Gasteiger partial charge in [-0.2, -0.15) is 0 Å². The lowest BCUT2D eigenvalue weighted by Crippen LogP contribution is -2.01. The normalized spacial score (nSPS) is 12.5. The lowest BCUT2D eigenvalue weighted by molar-refractivity contribution is 0.185. The third-order valence-electron chi connectivity index (χ3n) is 1.86. The van der Waals surface area contributed by atoms with Crippen LogP contribution in [0.5, 0.6) is 5.88 Å². The van der Waals surface area contributed by atoms with Gasteiger partial charge < -0.3 is 9.84 Å². The molecular weight excluding hydrogens is 166 g/mol. The number of hydrogen-bond donors (Lipinski definition) is 1. The summed E-state index contributed by atoms with van der Waals surface area (Å²) in [5.41, 5.74) is 1.15. The monoisotopic (exact) mass is 181 g/mol. The maximum Gasteiger partial charge on any atom is 0.213 e. The van der Waals surface area contributed by atoms with Crippen LogP contribution < -0.4 is 4.74 Å². The molecule has 0 aromatic carbocycles. The van der Waals surface area contributed by atoms with Gasteiger partial charge in [-0.15, -0.1) is 0 Å². The average Bonchev–Trinajstić information content (AvgIpc) is 2.15. The average molecular weight is 181 g/mol. The summed E-state index contributed by atoms with van der Waals surface area (Å²) in [6, 6.07) is 3.83. The Morgan fingerprint density at radius 1 is 1.62 bits per heavy atom. The van der Waals surface area contributed by atoms with Gasteiger partial charge in [0.05, 0.1) is 13.2 Å². The van der Waals surface area contributed by atoms with Crippen molar-refractivity contribution in [1.29, 1.82) is 0 Å². The molecule has 0 aliphatic rings. The van der Waals surface area contributed by atoms with Crippen molar-refractivity contribution >= 4 is 0 Å². The van der Waals surface area contributed by atoms with Crippen LogP contribution in [0.15, 0.2) is 18.3 Å². The van der Waals surface area contributed by atoms with E-state index in [4.69, 9.17) is 9.84 Å². The molecule has 0 fully saturated rings. The summed E-state index contributed by atoms with van der Waals surface area (Å²) in [5.74, 6) is 0.628. The highest BCUT2D eigenvalue weighted by atomic mass is 16.5. The molecule has 1 atom stereocenters. The van der Waals surface area contributed by atoms with E-state index in [0.29, 0.717) is 5.88 Å². The van der Waals surface area contributed by atoms with Gasteiger partial charge in [0.25, 0.3) is 0 Å². The molecule has 0 unspecified atom stereocenters. The summed E-state index contributed by atoms with van der Waals surface area (Å²) in [4.78, 5) is 4.00. The zero-order chi connectivity index (χ0) is 9.68. The lowest BCUT2D eigenvalue weighted by Gasteiger charge is -2.05. The minimum atomic E-state index is -0.251. The summed E-state index contributed by atoms with van der Waals surface area (Å²) in [5, 5.41) is 9.09. The van der Waals surface area contributed by atoms with Crippen LogP contribution in [0.4, 0.5) is 0 Å². The molecule has 3 heteroatoms. The Hall–Kier alpha value is -1.09. The Morgan fingerprint density at radius 2 is 2.38 bits per heavy atom. The Labute approximate surface area is 78.4 Å². The number of nitrogens with zero attached hydrogens (tertiary/aromatic N) is 1. The van der Waals surface area contributed by atoms with Crippen LogP contribution in [0.3, 0.4) is 0 Å². The molecule has 13 heavy (non-hydrogen) atoms. The van der Waals surface area contributed by atoms with Crippen molar-refractivity contribution in [3.05, 3.63) is 23.9 Å². The van der Waals surface area contributed by atoms with E-state index in [-0.39, 0.29) is 6.10 Å². The van der Waals surface area contributed by atoms with Crippen LogP contribution in [0.1, 0.15) is 18.9 Å². The minimum Gasteiger partial charge on any atom is -0.481 e. The first-order valence-corrected chi connectivity index (χ1v) is 4.39. The van der Waals surface area contributed by atoms with E-state index in [1.165, 1.54) is 0 Å². The molecular formula is C10H15NO2. The van der Waals surface area contributed by atoms with Crippen LogP contribution >= 0.6 is 0 Å². The summed E-state index contributed by atoms with van der Waals surface area (Å²) in [6.07, 6.45) is 3.10. The second-order valence-corrected chi connectivity index (χ2v) is 3.09. The Balaban J connectivity index is 2.56. The molecule has 3 nitrogen and oxygen atoms in total. The van der Waals surface area contributed by atoms with E-state index < -0.39 is 0 Å². The first-order valence-electron chi connectivity index (χ1n) is 4.39. The second kappa shape index (κ2) is 4.82. The third kappa shape index (κ3) is 3.42. The number of aromatic nitrogens is 1. The van der Waals surface area contributed by atoms with Crippen molar-refractivity contribution in [3.63, 3.8) is 0 Å². The van der Waals surface area contributed by atoms with Crippen molar-refractivity contribution in [2.45, 2.75) is 25.9 Å². The molecule has 1 aromatic heterocycles. The van der Waals surface area contributed by atoms with Gasteiger partial charge >= 0.3 is 0 Å². The fourth-order valence-corrected chi connectivity index (χ4v) is 1.09. The van der Waals surface area contributed by atoms with Crippen LogP contribution in [-0.4, -0.2) is 23.3 Å². The van der Waals surface area contributed by atoms with E-state index in [2.05, 4.69) is 4.98 Å². The van der Waals surface area contributed by atoms with E-state index in [0.717, 1.165) is 18.4 Å². The van der Waals surface area contributed by atoms with E-state index in [1.54, 1.807) is 20.2 Å². The van der Waals surface area contributed by atoms with E-state index in [1.807, 2.05) is 12.1 Å². The van der Waals surface area contributed by atoms with Gasteiger partial charge in [-0.3, -0.25) is 0 Å². The molecule has 0 aliphatic heterocycles. The molecule has 0 bridgehead atoms. The minimum absolute atomic E-state index is 0.251. The maximum absolute atomic E-state index is 9.09. The zero-order valence-corrected chi connectivity index (χ0v) is 8.03. The van der Waals surface area contributed by atoms with Crippen LogP contribution in [0.2, 0.25) is 0 Å². The standard InChI is InChI=1S/C10H15NO2/c1-8(12)3-4-9-5-6-11-10(7-9)13-2/h5-8,12H,3-4H2,1-2H3/t8-/m0/s1. The number of aliphatic hydroxyl groups excluding tert-OH is 1. The van der Waals surface area contributed by atoms with Crippen molar-refractivity contribution in [1.82, 2.24) is 4.98 Å². The molecule has 1 rings (SSSR count). The highest BCUT2D eigenvalue weighted by molar-refractivity contribution is 5.20. The summed E-state index contributed by atoms with van der Waals surface area (Å²) >= 11 is 0. The molecule has 0 saturated heterocycles. The van der Waals surface area contributed by atoms with E-state index in [9.17, 15) is 0 Å². The zero-order valence-electron chi connectivity index (χ0n) is 8.03. The SMILES string of the molecule is COc1cc(CC[C@H](C)O)ccn1. The second-order valence-electron chi connectivity index (χ2n) is 3.09. The first kappa shape index (κ1) is 9.99. The third-order valence-corrected chi connectivity index (χ3v) is 1.86. The summed E-state index contributed by atoms with van der Waals surface area (Å²) in [7, 11) is 1.60. The van der Waals surface area contributed by atoms with Gasteiger partial charge in [0.15, 0.2) is 0 Å². The lowest BCUT2D eigenvalue weighted by atomic mass is 10.1. The number of methoxy groups -OCH3 is 1. The molecule has 1 aromatic rings.